The molecule has 6 heteroatoms. The highest BCUT2D eigenvalue weighted by molar-refractivity contribution is 6.30. The molecular weight excluding hydrogens is 407 g/mol. The van der Waals surface area contributed by atoms with Crippen molar-refractivity contribution in [2.45, 2.75) is 25.8 Å². The zero-order valence-corrected chi connectivity index (χ0v) is 17.6. The van der Waals surface area contributed by atoms with E-state index in [-0.39, 0.29) is 17.4 Å². The van der Waals surface area contributed by atoms with Gasteiger partial charge in [-0.15, -0.1) is 0 Å². The van der Waals surface area contributed by atoms with E-state index in [9.17, 15) is 9.59 Å². The molecule has 0 fully saturated rings. The molecule has 0 aliphatic carbocycles. The molecule has 0 atom stereocenters. The maximum absolute atomic E-state index is 12.5. The van der Waals surface area contributed by atoms with Crippen LogP contribution in [0.5, 0.6) is 0 Å². The Morgan fingerprint density at radius 2 is 1.48 bits per heavy atom. The van der Waals surface area contributed by atoms with Gasteiger partial charge in [0.05, 0.1) is 5.56 Å². The van der Waals surface area contributed by atoms with E-state index >= 15 is 0 Å². The first-order valence-corrected chi connectivity index (χ1v) is 10.2. The molecule has 3 rings (SSSR count). The molecule has 0 bridgehead atoms. The van der Waals surface area contributed by atoms with Crippen LogP contribution in [-0.2, 0) is 6.54 Å². The summed E-state index contributed by atoms with van der Waals surface area (Å²) >= 11 is 12.1. The van der Waals surface area contributed by atoms with Crippen molar-refractivity contribution in [1.29, 1.82) is 0 Å². The fraction of sp³-hybridized carbons (Fsp3) is 0.217. The van der Waals surface area contributed by atoms with Gasteiger partial charge >= 0.3 is 0 Å². The largest absolute Gasteiger partial charge is 0.352 e. The Morgan fingerprint density at radius 3 is 2.00 bits per heavy atom. The van der Waals surface area contributed by atoms with E-state index in [2.05, 4.69) is 5.32 Å². The lowest BCUT2D eigenvalue weighted by Gasteiger charge is -2.19. The molecular formula is C23H22Cl2N2O2. The molecule has 3 aromatic rings. The predicted molar refractivity (Wildman–Crippen MR) is 118 cm³/mol. The van der Waals surface area contributed by atoms with Crippen LogP contribution in [0.15, 0.2) is 71.7 Å². The van der Waals surface area contributed by atoms with Crippen LogP contribution < -0.4 is 10.9 Å². The van der Waals surface area contributed by atoms with Crippen molar-refractivity contribution in [2.24, 2.45) is 0 Å². The second-order valence-corrected chi connectivity index (χ2v) is 7.62. The summed E-state index contributed by atoms with van der Waals surface area (Å²) < 4.78 is 1.51. The minimum absolute atomic E-state index is 0.0921. The number of carbonyl (C=O) groups is 1. The Morgan fingerprint density at radius 1 is 0.931 bits per heavy atom. The first kappa shape index (κ1) is 21.2. The van der Waals surface area contributed by atoms with Gasteiger partial charge < -0.3 is 9.88 Å². The van der Waals surface area contributed by atoms with Crippen molar-refractivity contribution < 1.29 is 4.79 Å². The minimum Gasteiger partial charge on any atom is -0.352 e. The third kappa shape index (κ3) is 5.49. The van der Waals surface area contributed by atoms with Gasteiger partial charge in [0, 0.05) is 41.3 Å². The summed E-state index contributed by atoms with van der Waals surface area (Å²) in [7, 11) is 0. The van der Waals surface area contributed by atoms with Gasteiger partial charge in [0.2, 0.25) is 0 Å². The van der Waals surface area contributed by atoms with Crippen LogP contribution in [0.2, 0.25) is 10.0 Å². The summed E-state index contributed by atoms with van der Waals surface area (Å²) in [4.78, 5) is 24.2. The SMILES string of the molecule is CCn1cc(C(=O)NCCC(c2ccc(Cl)cc2)c2ccc(Cl)cc2)ccc1=O. The number of hydrogen-bond donors (Lipinski definition) is 1. The zero-order chi connectivity index (χ0) is 20.8. The van der Waals surface area contributed by atoms with Crippen LogP contribution in [0, 0.1) is 0 Å². The summed E-state index contributed by atoms with van der Waals surface area (Å²) in [5.74, 6) is -0.104. The normalized spacial score (nSPS) is 10.9. The molecule has 0 radical (unpaired) electrons. The van der Waals surface area contributed by atoms with Crippen LogP contribution in [0.4, 0.5) is 0 Å². The van der Waals surface area contributed by atoms with Crippen LogP contribution in [-0.4, -0.2) is 17.0 Å². The molecule has 0 saturated heterocycles. The number of rotatable bonds is 7. The average molecular weight is 429 g/mol. The molecule has 0 aliphatic heterocycles. The Bertz CT molecular complexity index is 982. The van der Waals surface area contributed by atoms with Crippen LogP contribution >= 0.6 is 23.2 Å². The number of aromatic nitrogens is 1. The maximum atomic E-state index is 12.5. The van der Waals surface area contributed by atoms with Gasteiger partial charge in [0.15, 0.2) is 0 Å². The van der Waals surface area contributed by atoms with Crippen molar-refractivity contribution >= 4 is 29.1 Å². The molecule has 0 unspecified atom stereocenters. The van der Waals surface area contributed by atoms with Gasteiger partial charge in [-0.1, -0.05) is 47.5 Å². The van der Waals surface area contributed by atoms with Gasteiger partial charge in [-0.3, -0.25) is 9.59 Å². The third-order valence-electron chi connectivity index (χ3n) is 4.85. The predicted octanol–water partition coefficient (Wildman–Crippen LogP) is 5.13. The summed E-state index contributed by atoms with van der Waals surface area (Å²) in [6.45, 7) is 2.88. The number of halogens is 2. The van der Waals surface area contributed by atoms with Crippen molar-refractivity contribution in [3.05, 3.63) is 104 Å². The molecule has 1 N–H and O–H groups in total. The number of nitrogens with one attached hydrogen (secondary N) is 1. The molecule has 1 aromatic heterocycles. The number of amides is 1. The van der Waals surface area contributed by atoms with Gasteiger partial charge in [0.1, 0.15) is 0 Å². The molecule has 0 spiro atoms. The number of benzene rings is 2. The van der Waals surface area contributed by atoms with Crippen LogP contribution in [0.3, 0.4) is 0 Å². The number of hydrogen-bond acceptors (Lipinski definition) is 2. The molecule has 29 heavy (non-hydrogen) atoms. The Kier molecular flexibility index (Phi) is 7.13. The van der Waals surface area contributed by atoms with Crippen molar-refractivity contribution in [3.63, 3.8) is 0 Å². The molecule has 2 aromatic carbocycles. The summed E-state index contributed by atoms with van der Waals surface area (Å²) in [6.07, 6.45) is 2.30. The number of carbonyl (C=O) groups excluding carboxylic acids is 1. The number of nitrogens with zero attached hydrogens (tertiary/aromatic N) is 1. The highest BCUT2D eigenvalue weighted by Gasteiger charge is 2.15. The summed E-state index contributed by atoms with van der Waals surface area (Å²) in [5.41, 5.74) is 2.59. The summed E-state index contributed by atoms with van der Waals surface area (Å²) in [6, 6.07) is 18.4. The lowest BCUT2D eigenvalue weighted by molar-refractivity contribution is 0.0952. The lowest BCUT2D eigenvalue weighted by Crippen LogP contribution is -2.28. The molecule has 1 heterocycles. The minimum atomic E-state index is -0.196. The van der Waals surface area contributed by atoms with E-state index in [1.54, 1.807) is 12.3 Å². The van der Waals surface area contributed by atoms with E-state index in [1.165, 1.54) is 10.6 Å². The zero-order valence-electron chi connectivity index (χ0n) is 16.1. The second kappa shape index (κ2) is 9.77. The topological polar surface area (TPSA) is 51.1 Å². The Hall–Kier alpha value is -2.56. The van der Waals surface area contributed by atoms with E-state index in [0.29, 0.717) is 35.1 Å². The van der Waals surface area contributed by atoms with E-state index in [0.717, 1.165) is 11.1 Å². The van der Waals surface area contributed by atoms with Crippen molar-refractivity contribution in [1.82, 2.24) is 9.88 Å². The van der Waals surface area contributed by atoms with E-state index in [1.807, 2.05) is 55.5 Å². The van der Waals surface area contributed by atoms with Crippen molar-refractivity contribution in [2.75, 3.05) is 6.54 Å². The molecule has 0 aliphatic rings. The lowest BCUT2D eigenvalue weighted by atomic mass is 9.88. The Balaban J connectivity index is 1.73. The molecule has 1 amide bonds. The fourth-order valence-electron chi connectivity index (χ4n) is 3.26. The molecule has 4 nitrogen and oxygen atoms in total. The quantitative estimate of drug-likeness (QED) is 0.566. The number of pyridine rings is 1. The molecule has 0 saturated carbocycles. The fourth-order valence-corrected chi connectivity index (χ4v) is 3.51. The standard InChI is InChI=1S/C23H22Cl2N2O2/c1-2-27-15-18(7-12-22(27)28)23(29)26-14-13-21(16-3-8-19(24)9-4-16)17-5-10-20(25)11-6-17/h3-12,15,21H,2,13-14H2,1H3,(H,26,29). The van der Waals surface area contributed by atoms with Crippen LogP contribution in [0.1, 0.15) is 40.7 Å². The van der Waals surface area contributed by atoms with Gasteiger partial charge in [-0.2, -0.15) is 0 Å². The number of aryl methyl sites for hydroxylation is 1. The van der Waals surface area contributed by atoms with E-state index in [4.69, 9.17) is 23.2 Å². The smallest absolute Gasteiger partial charge is 0.252 e. The maximum Gasteiger partial charge on any atom is 0.252 e. The third-order valence-corrected chi connectivity index (χ3v) is 5.35. The summed E-state index contributed by atoms with van der Waals surface area (Å²) in [5, 5.41) is 4.32. The van der Waals surface area contributed by atoms with Gasteiger partial charge in [-0.05, 0) is 54.8 Å². The van der Waals surface area contributed by atoms with Crippen LogP contribution in [0.25, 0.3) is 0 Å². The second-order valence-electron chi connectivity index (χ2n) is 6.74. The monoisotopic (exact) mass is 428 g/mol. The first-order chi connectivity index (χ1) is 14.0. The molecule has 150 valence electrons. The van der Waals surface area contributed by atoms with Gasteiger partial charge in [0.25, 0.3) is 11.5 Å². The first-order valence-electron chi connectivity index (χ1n) is 9.47. The average Bonchev–Trinajstić information content (AvgIpc) is 2.73. The van der Waals surface area contributed by atoms with Gasteiger partial charge in [-0.25, -0.2) is 0 Å². The highest BCUT2D eigenvalue weighted by atomic mass is 35.5. The Labute approximate surface area is 180 Å². The van der Waals surface area contributed by atoms with Crippen molar-refractivity contribution in [3.8, 4) is 0 Å². The highest BCUT2D eigenvalue weighted by Crippen LogP contribution is 2.29. The van der Waals surface area contributed by atoms with E-state index < -0.39 is 0 Å².